The first-order chi connectivity index (χ1) is 11.1. The Hall–Kier alpha value is -2.55. The lowest BCUT2D eigenvalue weighted by Gasteiger charge is -2.36. The van der Waals surface area contributed by atoms with E-state index in [2.05, 4.69) is 50.1 Å². The second-order valence-electron chi connectivity index (χ2n) is 6.39. The van der Waals surface area contributed by atoms with Crippen molar-refractivity contribution in [3.05, 3.63) is 71.3 Å². The number of para-hydroxylation sites is 1. The molecule has 3 heteroatoms. The molecule has 1 fully saturated rings. The fraction of sp³-hybridized carbons (Fsp3) is 0.250. The molecule has 2 unspecified atom stereocenters. The Labute approximate surface area is 136 Å². The van der Waals surface area contributed by atoms with E-state index in [1.54, 1.807) is 0 Å². The molecule has 3 nitrogen and oxygen atoms in total. The summed E-state index contributed by atoms with van der Waals surface area (Å²) < 4.78 is 0. The van der Waals surface area contributed by atoms with E-state index in [-0.39, 0.29) is 17.6 Å². The standard InChI is InChI=1S/C20H20N2O/c1-14-13-17-11-7-8-12-18(17)21(3)20(14)15(2)22(20)19(23)16-9-5-4-6-10-16/h4-13,15H,1-3H3. The highest BCUT2D eigenvalue weighted by Crippen LogP contribution is 2.54. The molecule has 1 amide bonds. The lowest BCUT2D eigenvalue weighted by Crippen LogP contribution is -2.44. The minimum atomic E-state index is -0.332. The Kier molecular flexibility index (Phi) is 2.89. The van der Waals surface area contributed by atoms with Gasteiger partial charge in [0.15, 0.2) is 5.66 Å². The van der Waals surface area contributed by atoms with Gasteiger partial charge in [-0.15, -0.1) is 0 Å². The van der Waals surface area contributed by atoms with Crippen molar-refractivity contribution in [3.8, 4) is 0 Å². The highest BCUT2D eigenvalue weighted by atomic mass is 16.2. The zero-order chi connectivity index (χ0) is 16.2. The zero-order valence-corrected chi connectivity index (χ0v) is 13.7. The summed E-state index contributed by atoms with van der Waals surface area (Å²) in [7, 11) is 2.09. The van der Waals surface area contributed by atoms with Gasteiger partial charge in [0.1, 0.15) is 0 Å². The molecule has 2 aromatic carbocycles. The Morgan fingerprint density at radius 2 is 1.70 bits per heavy atom. The molecule has 0 aliphatic carbocycles. The smallest absolute Gasteiger partial charge is 0.256 e. The Balaban J connectivity index is 1.77. The lowest BCUT2D eigenvalue weighted by molar-refractivity contribution is 0.0853. The highest BCUT2D eigenvalue weighted by Gasteiger charge is 2.67. The van der Waals surface area contributed by atoms with Crippen LogP contribution >= 0.6 is 0 Å². The molecule has 0 N–H and O–H groups in total. The van der Waals surface area contributed by atoms with E-state index >= 15 is 0 Å². The summed E-state index contributed by atoms with van der Waals surface area (Å²) in [5, 5.41) is 0. The molecule has 0 saturated carbocycles. The summed E-state index contributed by atoms with van der Waals surface area (Å²) in [6.07, 6.45) is 2.21. The molecule has 23 heavy (non-hydrogen) atoms. The maximum Gasteiger partial charge on any atom is 0.256 e. The van der Waals surface area contributed by atoms with Crippen molar-refractivity contribution >= 4 is 17.7 Å². The van der Waals surface area contributed by atoms with E-state index in [9.17, 15) is 4.79 Å². The number of hydrogen-bond donors (Lipinski definition) is 0. The van der Waals surface area contributed by atoms with Gasteiger partial charge in [-0.05, 0) is 49.3 Å². The maximum atomic E-state index is 13.0. The predicted octanol–water partition coefficient (Wildman–Crippen LogP) is 3.78. The van der Waals surface area contributed by atoms with Crippen molar-refractivity contribution in [3.63, 3.8) is 0 Å². The summed E-state index contributed by atoms with van der Waals surface area (Å²) in [4.78, 5) is 17.2. The molecular weight excluding hydrogens is 284 g/mol. The van der Waals surface area contributed by atoms with Gasteiger partial charge < -0.3 is 9.80 Å². The van der Waals surface area contributed by atoms with Crippen LogP contribution in [0.2, 0.25) is 0 Å². The highest BCUT2D eigenvalue weighted by molar-refractivity contribution is 5.99. The van der Waals surface area contributed by atoms with E-state index in [4.69, 9.17) is 0 Å². The first kappa shape index (κ1) is 14.1. The summed E-state index contributed by atoms with van der Waals surface area (Å²) >= 11 is 0. The second-order valence-corrected chi connectivity index (χ2v) is 6.39. The number of rotatable bonds is 1. The molecular formula is C20H20N2O. The fourth-order valence-electron chi connectivity index (χ4n) is 4.13. The molecule has 0 bridgehead atoms. The van der Waals surface area contributed by atoms with Crippen LogP contribution in [-0.4, -0.2) is 29.6 Å². The van der Waals surface area contributed by atoms with E-state index in [0.29, 0.717) is 0 Å². The Morgan fingerprint density at radius 1 is 1.04 bits per heavy atom. The third-order valence-electron chi connectivity index (χ3n) is 5.27. The van der Waals surface area contributed by atoms with Gasteiger partial charge in [0.05, 0.1) is 6.04 Å². The fourth-order valence-corrected chi connectivity index (χ4v) is 4.13. The van der Waals surface area contributed by atoms with Crippen LogP contribution in [0.3, 0.4) is 0 Å². The molecule has 0 radical (unpaired) electrons. The molecule has 0 aromatic heterocycles. The van der Waals surface area contributed by atoms with E-state index in [1.807, 2.05) is 41.3 Å². The van der Waals surface area contributed by atoms with E-state index in [0.717, 1.165) is 5.56 Å². The van der Waals surface area contributed by atoms with Crippen LogP contribution in [0.4, 0.5) is 5.69 Å². The first-order valence-electron chi connectivity index (χ1n) is 7.99. The van der Waals surface area contributed by atoms with Crippen LogP contribution in [0, 0.1) is 0 Å². The number of likely N-dealkylation sites (N-methyl/N-ethyl adjacent to an activating group) is 1. The minimum absolute atomic E-state index is 0.0945. The molecule has 2 heterocycles. The summed E-state index contributed by atoms with van der Waals surface area (Å²) in [6, 6.07) is 18.0. The van der Waals surface area contributed by atoms with Crippen LogP contribution in [-0.2, 0) is 0 Å². The predicted molar refractivity (Wildman–Crippen MR) is 93.3 cm³/mol. The average molecular weight is 304 g/mol. The van der Waals surface area contributed by atoms with E-state index < -0.39 is 0 Å². The summed E-state index contributed by atoms with van der Waals surface area (Å²) in [5.74, 6) is 0.0945. The molecule has 1 saturated heterocycles. The van der Waals surface area contributed by atoms with Crippen LogP contribution < -0.4 is 4.90 Å². The normalized spacial score (nSPS) is 25.2. The Bertz CT molecular complexity index is 811. The Morgan fingerprint density at radius 3 is 2.43 bits per heavy atom. The van der Waals surface area contributed by atoms with Crippen LogP contribution in [0.1, 0.15) is 29.8 Å². The molecule has 4 rings (SSSR count). The largest absolute Gasteiger partial charge is 0.346 e. The first-order valence-corrected chi connectivity index (χ1v) is 7.99. The number of amides is 1. The molecule has 116 valence electrons. The number of carbonyl (C=O) groups excluding carboxylic acids is 1. The number of hydrogen-bond acceptors (Lipinski definition) is 2. The topological polar surface area (TPSA) is 23.3 Å². The minimum Gasteiger partial charge on any atom is -0.346 e. The molecule has 2 atom stereocenters. The van der Waals surface area contributed by atoms with Crippen molar-refractivity contribution in [1.29, 1.82) is 0 Å². The van der Waals surface area contributed by atoms with Crippen molar-refractivity contribution in [2.24, 2.45) is 0 Å². The summed E-state index contributed by atoms with van der Waals surface area (Å²) in [5.41, 5.74) is 4.02. The molecule has 1 spiro atoms. The van der Waals surface area contributed by atoms with Gasteiger partial charge in [-0.25, -0.2) is 0 Å². The van der Waals surface area contributed by atoms with Crippen LogP contribution in [0.5, 0.6) is 0 Å². The maximum absolute atomic E-state index is 13.0. The van der Waals surface area contributed by atoms with Crippen LogP contribution in [0.25, 0.3) is 6.08 Å². The molecule has 2 aromatic rings. The lowest BCUT2D eigenvalue weighted by atomic mass is 9.94. The van der Waals surface area contributed by atoms with Gasteiger partial charge >= 0.3 is 0 Å². The molecule has 2 aliphatic rings. The van der Waals surface area contributed by atoms with Gasteiger partial charge in [-0.2, -0.15) is 0 Å². The quantitative estimate of drug-likeness (QED) is 0.749. The van der Waals surface area contributed by atoms with Gasteiger partial charge in [0.2, 0.25) is 0 Å². The van der Waals surface area contributed by atoms with Crippen molar-refractivity contribution in [2.45, 2.75) is 25.6 Å². The van der Waals surface area contributed by atoms with Gasteiger partial charge in [-0.3, -0.25) is 4.79 Å². The zero-order valence-electron chi connectivity index (χ0n) is 13.7. The van der Waals surface area contributed by atoms with Gasteiger partial charge in [0, 0.05) is 18.3 Å². The van der Waals surface area contributed by atoms with Gasteiger partial charge in [-0.1, -0.05) is 36.4 Å². The number of benzene rings is 2. The SMILES string of the molecule is CC1=Cc2ccccc2N(C)C12C(C)N2C(=O)c1ccccc1. The number of carbonyl (C=O) groups is 1. The third kappa shape index (κ3) is 1.73. The number of nitrogens with zero attached hydrogens (tertiary/aromatic N) is 2. The van der Waals surface area contributed by atoms with Crippen molar-refractivity contribution in [2.75, 3.05) is 11.9 Å². The van der Waals surface area contributed by atoms with Crippen molar-refractivity contribution < 1.29 is 4.79 Å². The number of fused-ring (bicyclic) bond motifs is 1. The van der Waals surface area contributed by atoms with E-state index in [1.165, 1.54) is 16.8 Å². The summed E-state index contributed by atoms with van der Waals surface area (Å²) in [6.45, 7) is 4.25. The third-order valence-corrected chi connectivity index (χ3v) is 5.27. The monoisotopic (exact) mass is 304 g/mol. The average Bonchev–Trinajstić information content (AvgIpc) is 3.20. The molecule has 2 aliphatic heterocycles. The number of anilines is 1. The van der Waals surface area contributed by atoms with Crippen LogP contribution in [0.15, 0.2) is 60.2 Å². The van der Waals surface area contributed by atoms with Crippen molar-refractivity contribution in [1.82, 2.24) is 4.90 Å². The second kappa shape index (κ2) is 4.72. The van der Waals surface area contributed by atoms with Gasteiger partial charge in [0.25, 0.3) is 5.91 Å².